The Labute approximate surface area is 179 Å². The number of carbonyl (C=O) groups is 1. The first-order valence-electron chi connectivity index (χ1n) is 11.4. The van der Waals surface area contributed by atoms with Crippen molar-refractivity contribution in [2.75, 3.05) is 26.2 Å². The van der Waals surface area contributed by atoms with Crippen LogP contribution in [0.5, 0.6) is 5.75 Å². The van der Waals surface area contributed by atoms with Gasteiger partial charge in [0.05, 0.1) is 0 Å². The third-order valence-corrected chi connectivity index (χ3v) is 6.76. The van der Waals surface area contributed by atoms with Gasteiger partial charge in [-0.05, 0) is 75.9 Å². The van der Waals surface area contributed by atoms with E-state index in [9.17, 15) is 4.79 Å². The second-order valence-corrected chi connectivity index (χ2v) is 8.43. The molecule has 1 aromatic heterocycles. The first kappa shape index (κ1) is 20.9. The largest absolute Gasteiger partial charge is 0.487 e. The molecule has 1 saturated heterocycles. The number of piperidine rings is 1. The number of pyridine rings is 1. The van der Waals surface area contributed by atoms with Crippen LogP contribution in [0.1, 0.15) is 73.1 Å². The number of nitrogens with zero attached hydrogens (tertiary/aromatic N) is 2. The summed E-state index contributed by atoms with van der Waals surface area (Å²) >= 11 is 0. The Morgan fingerprint density at radius 2 is 1.93 bits per heavy atom. The van der Waals surface area contributed by atoms with E-state index in [-0.39, 0.29) is 17.4 Å². The third kappa shape index (κ3) is 3.83. The number of fused-ring (bicyclic) bond motifs is 1. The number of ether oxygens (including phenoxy) is 1. The first-order valence-corrected chi connectivity index (χ1v) is 11.4. The lowest BCUT2D eigenvalue weighted by Gasteiger charge is -2.45. The Balaban J connectivity index is 1.71. The van der Waals surface area contributed by atoms with Crippen LogP contribution in [0.3, 0.4) is 0 Å². The molecule has 0 radical (unpaired) electrons. The molecule has 0 aliphatic carbocycles. The fourth-order valence-electron chi connectivity index (χ4n) is 5.02. The van der Waals surface area contributed by atoms with Gasteiger partial charge in [-0.25, -0.2) is 0 Å². The minimum atomic E-state index is -0.120. The van der Waals surface area contributed by atoms with Crippen molar-refractivity contribution in [3.8, 4) is 5.75 Å². The molecule has 1 fully saturated rings. The number of aryl methyl sites for hydroxylation is 1. The van der Waals surface area contributed by atoms with Crippen LogP contribution >= 0.6 is 0 Å². The topological polar surface area (TPSA) is 54.5 Å². The molecule has 5 heteroatoms. The molecule has 2 aliphatic heterocycles. The van der Waals surface area contributed by atoms with Crippen molar-refractivity contribution < 1.29 is 9.53 Å². The molecular formula is C25H33N3O2. The van der Waals surface area contributed by atoms with E-state index in [1.165, 1.54) is 16.7 Å². The van der Waals surface area contributed by atoms with Crippen LogP contribution < -0.4 is 10.1 Å². The maximum Gasteiger partial charge on any atom is 0.272 e. The predicted molar refractivity (Wildman–Crippen MR) is 119 cm³/mol. The first-order chi connectivity index (χ1) is 14.6. The van der Waals surface area contributed by atoms with E-state index >= 15 is 0 Å². The minimum absolute atomic E-state index is 0.00278. The summed E-state index contributed by atoms with van der Waals surface area (Å²) < 4.78 is 6.66. The molecule has 3 heterocycles. The normalized spacial score (nSPS) is 19.8. The maximum absolute atomic E-state index is 12.7. The number of benzene rings is 1. The molecule has 30 heavy (non-hydrogen) atoms. The van der Waals surface area contributed by atoms with Crippen molar-refractivity contribution in [1.82, 2.24) is 15.2 Å². The molecule has 5 nitrogen and oxygen atoms in total. The summed E-state index contributed by atoms with van der Waals surface area (Å²) in [6, 6.07) is 10.4. The van der Waals surface area contributed by atoms with Crippen LogP contribution in [0.2, 0.25) is 0 Å². The quantitative estimate of drug-likeness (QED) is 0.809. The second kappa shape index (κ2) is 8.76. The number of hydrogen-bond donors (Lipinski definition) is 1. The van der Waals surface area contributed by atoms with E-state index in [1.807, 2.05) is 31.0 Å². The zero-order valence-corrected chi connectivity index (χ0v) is 18.4. The van der Waals surface area contributed by atoms with Gasteiger partial charge in [0, 0.05) is 30.8 Å². The van der Waals surface area contributed by atoms with E-state index in [0.717, 1.165) is 44.5 Å². The van der Waals surface area contributed by atoms with Crippen LogP contribution in [0, 0.1) is 0 Å². The molecule has 1 atom stereocenters. The van der Waals surface area contributed by atoms with Crippen LogP contribution in [0.25, 0.3) is 0 Å². The molecule has 1 aromatic carbocycles. The van der Waals surface area contributed by atoms with Crippen LogP contribution in [-0.2, 0) is 6.42 Å². The van der Waals surface area contributed by atoms with Gasteiger partial charge in [0.1, 0.15) is 17.0 Å². The van der Waals surface area contributed by atoms with E-state index in [4.69, 9.17) is 4.74 Å². The highest BCUT2D eigenvalue weighted by molar-refractivity contribution is 5.92. The van der Waals surface area contributed by atoms with Gasteiger partial charge in [-0.1, -0.05) is 25.1 Å². The smallest absolute Gasteiger partial charge is 0.272 e. The molecular weight excluding hydrogens is 374 g/mol. The molecule has 4 rings (SSSR count). The summed E-state index contributed by atoms with van der Waals surface area (Å²) in [6.45, 7) is 9.58. The Morgan fingerprint density at radius 3 is 2.57 bits per heavy atom. The zero-order chi connectivity index (χ0) is 21.1. The number of aromatic nitrogens is 1. The van der Waals surface area contributed by atoms with Crippen LogP contribution in [0.4, 0.5) is 0 Å². The van der Waals surface area contributed by atoms with E-state index in [0.29, 0.717) is 18.8 Å². The van der Waals surface area contributed by atoms with Crippen molar-refractivity contribution in [1.29, 1.82) is 0 Å². The number of nitrogens with one attached hydrogen (secondary N) is 1. The fraction of sp³-hybridized carbons (Fsp3) is 0.520. The Morgan fingerprint density at radius 1 is 1.17 bits per heavy atom. The average molecular weight is 408 g/mol. The maximum atomic E-state index is 12.7. The lowest BCUT2D eigenvalue weighted by molar-refractivity contribution is 0.0111. The summed E-state index contributed by atoms with van der Waals surface area (Å²) in [5.74, 6) is 1.27. The number of hydrogen-bond acceptors (Lipinski definition) is 4. The molecule has 1 N–H and O–H groups in total. The highest BCUT2D eigenvalue weighted by Crippen LogP contribution is 2.48. The molecule has 160 valence electrons. The summed E-state index contributed by atoms with van der Waals surface area (Å²) in [6.07, 6.45) is 5.89. The summed E-state index contributed by atoms with van der Waals surface area (Å²) in [4.78, 5) is 19.1. The second-order valence-electron chi connectivity index (χ2n) is 8.43. The van der Waals surface area contributed by atoms with Gasteiger partial charge in [-0.2, -0.15) is 0 Å². The SMILES string of the molecule is CCc1cccc2c1C(c1ccc(C(=O)N(CC)CC)nc1)CC1(CCNCC1)O2. The van der Waals surface area contributed by atoms with Crippen molar-refractivity contribution in [3.63, 3.8) is 0 Å². The highest BCUT2D eigenvalue weighted by Gasteiger charge is 2.43. The van der Waals surface area contributed by atoms with Crippen LogP contribution in [0.15, 0.2) is 36.5 Å². The van der Waals surface area contributed by atoms with E-state index < -0.39 is 0 Å². The average Bonchev–Trinajstić information content (AvgIpc) is 2.79. The monoisotopic (exact) mass is 407 g/mol. The van der Waals surface area contributed by atoms with Crippen molar-refractivity contribution >= 4 is 5.91 Å². The fourth-order valence-corrected chi connectivity index (χ4v) is 5.02. The molecule has 0 bridgehead atoms. The highest BCUT2D eigenvalue weighted by atomic mass is 16.5. The zero-order valence-electron chi connectivity index (χ0n) is 18.4. The van der Waals surface area contributed by atoms with Crippen LogP contribution in [-0.4, -0.2) is 47.6 Å². The number of rotatable bonds is 5. The van der Waals surface area contributed by atoms with Gasteiger partial charge in [0.2, 0.25) is 0 Å². The summed E-state index contributed by atoms with van der Waals surface area (Å²) in [7, 11) is 0. The molecule has 1 amide bonds. The van der Waals surface area contributed by atoms with E-state index in [2.05, 4.69) is 41.5 Å². The minimum Gasteiger partial charge on any atom is -0.487 e. The number of carbonyl (C=O) groups excluding carboxylic acids is 1. The number of amides is 1. The van der Waals surface area contributed by atoms with Crippen molar-refractivity contribution in [2.24, 2.45) is 0 Å². The summed E-state index contributed by atoms with van der Waals surface area (Å²) in [5.41, 5.74) is 4.22. The van der Waals surface area contributed by atoms with Crippen molar-refractivity contribution in [3.05, 3.63) is 58.9 Å². The van der Waals surface area contributed by atoms with Gasteiger partial charge in [0.15, 0.2) is 0 Å². The molecule has 2 aliphatic rings. The Bertz CT molecular complexity index is 884. The Kier molecular flexibility index (Phi) is 6.09. The lowest BCUT2D eigenvalue weighted by Crippen LogP contribution is -2.49. The lowest BCUT2D eigenvalue weighted by atomic mass is 9.74. The molecule has 2 aromatic rings. The van der Waals surface area contributed by atoms with Gasteiger partial charge in [-0.15, -0.1) is 0 Å². The molecule has 1 spiro atoms. The van der Waals surface area contributed by atoms with Gasteiger partial charge in [0.25, 0.3) is 5.91 Å². The standard InChI is InChI=1S/C25H33N3O2/c1-4-18-8-7-9-22-23(18)20(16-25(30-22)12-14-26-15-13-25)19-10-11-21(27-17-19)24(29)28(5-2)6-3/h7-11,17,20,26H,4-6,12-16H2,1-3H3. The van der Waals surface area contributed by atoms with Crippen molar-refractivity contribution in [2.45, 2.75) is 58.0 Å². The molecule has 1 unspecified atom stereocenters. The van der Waals surface area contributed by atoms with Gasteiger partial charge in [-0.3, -0.25) is 9.78 Å². The third-order valence-electron chi connectivity index (χ3n) is 6.76. The van der Waals surface area contributed by atoms with Gasteiger partial charge >= 0.3 is 0 Å². The summed E-state index contributed by atoms with van der Waals surface area (Å²) in [5, 5.41) is 3.46. The molecule has 0 saturated carbocycles. The van der Waals surface area contributed by atoms with Gasteiger partial charge < -0.3 is 15.0 Å². The van der Waals surface area contributed by atoms with E-state index in [1.54, 1.807) is 0 Å². The Hall–Kier alpha value is -2.40. The predicted octanol–water partition coefficient (Wildman–Crippen LogP) is 4.16.